The highest BCUT2D eigenvalue weighted by atomic mass is 15.3. The lowest BCUT2D eigenvalue weighted by Crippen LogP contribution is -2.30. The molecule has 0 spiro atoms. The van der Waals surface area contributed by atoms with Crippen LogP contribution in [0.2, 0.25) is 0 Å². The third-order valence-corrected chi connectivity index (χ3v) is 3.04. The molecule has 0 fully saturated rings. The predicted molar refractivity (Wildman–Crippen MR) is 70.7 cm³/mol. The van der Waals surface area contributed by atoms with Crippen molar-refractivity contribution >= 4 is 0 Å². The summed E-state index contributed by atoms with van der Waals surface area (Å²) in [6.45, 7) is 3.97. The van der Waals surface area contributed by atoms with Gasteiger partial charge in [0.25, 0.3) is 0 Å². The van der Waals surface area contributed by atoms with Gasteiger partial charge in [-0.05, 0) is 37.6 Å². The lowest BCUT2D eigenvalue weighted by molar-refractivity contribution is 0.529. The SMILES string of the molecule is Cc1cc(C(Cc2cc(C)nn2C)NN)ccn1. The number of nitrogens with one attached hydrogen (secondary N) is 1. The van der Waals surface area contributed by atoms with E-state index in [9.17, 15) is 0 Å². The maximum Gasteiger partial charge on any atom is 0.0596 e. The van der Waals surface area contributed by atoms with Gasteiger partial charge in [0.2, 0.25) is 0 Å². The number of aryl methyl sites for hydroxylation is 3. The molecule has 5 nitrogen and oxygen atoms in total. The molecule has 0 radical (unpaired) electrons. The van der Waals surface area contributed by atoms with Crippen LogP contribution in [0.25, 0.3) is 0 Å². The molecule has 2 heterocycles. The van der Waals surface area contributed by atoms with Crippen LogP contribution in [0.15, 0.2) is 24.4 Å². The Morgan fingerprint density at radius 2 is 2.11 bits per heavy atom. The molecule has 1 atom stereocenters. The Labute approximate surface area is 107 Å². The lowest BCUT2D eigenvalue weighted by atomic mass is 10.0. The molecule has 3 N–H and O–H groups in total. The number of hydrogen-bond donors (Lipinski definition) is 2. The average molecular weight is 245 g/mol. The zero-order valence-electron chi connectivity index (χ0n) is 11.0. The number of pyridine rings is 1. The second-order valence-electron chi connectivity index (χ2n) is 4.55. The van der Waals surface area contributed by atoms with E-state index in [1.54, 1.807) is 0 Å². The maximum absolute atomic E-state index is 5.66. The molecule has 1 unspecified atom stereocenters. The van der Waals surface area contributed by atoms with Crippen LogP contribution in [-0.4, -0.2) is 14.8 Å². The third-order valence-electron chi connectivity index (χ3n) is 3.04. The fourth-order valence-corrected chi connectivity index (χ4v) is 2.12. The van der Waals surface area contributed by atoms with Crippen molar-refractivity contribution < 1.29 is 0 Å². The van der Waals surface area contributed by atoms with Gasteiger partial charge in [0, 0.05) is 31.1 Å². The topological polar surface area (TPSA) is 68.8 Å². The van der Waals surface area contributed by atoms with E-state index in [4.69, 9.17) is 5.84 Å². The van der Waals surface area contributed by atoms with Crippen molar-refractivity contribution in [2.45, 2.75) is 26.3 Å². The second-order valence-corrected chi connectivity index (χ2v) is 4.55. The van der Waals surface area contributed by atoms with E-state index in [-0.39, 0.29) is 6.04 Å². The van der Waals surface area contributed by atoms with E-state index in [0.29, 0.717) is 0 Å². The van der Waals surface area contributed by atoms with Crippen LogP contribution in [0.5, 0.6) is 0 Å². The van der Waals surface area contributed by atoms with Crippen molar-refractivity contribution in [2.75, 3.05) is 0 Å². The van der Waals surface area contributed by atoms with Gasteiger partial charge in [0.1, 0.15) is 0 Å². The summed E-state index contributed by atoms with van der Waals surface area (Å²) < 4.78 is 1.90. The standard InChI is InChI=1S/C13H19N5/c1-9-6-11(4-5-15-9)13(16-14)8-12-7-10(2)17-18(12)3/h4-7,13,16H,8,14H2,1-3H3. The average Bonchev–Trinajstić information content (AvgIpc) is 2.64. The molecule has 0 bridgehead atoms. The van der Waals surface area contributed by atoms with E-state index >= 15 is 0 Å². The summed E-state index contributed by atoms with van der Waals surface area (Å²) in [7, 11) is 1.95. The number of hydrazine groups is 1. The molecule has 0 aromatic carbocycles. The highest BCUT2D eigenvalue weighted by molar-refractivity contribution is 5.22. The van der Waals surface area contributed by atoms with Gasteiger partial charge in [-0.25, -0.2) is 0 Å². The molecule has 0 aliphatic carbocycles. The van der Waals surface area contributed by atoms with E-state index in [1.165, 1.54) is 0 Å². The van der Waals surface area contributed by atoms with Gasteiger partial charge in [0.15, 0.2) is 0 Å². The Kier molecular flexibility index (Phi) is 3.74. The van der Waals surface area contributed by atoms with Crippen LogP contribution in [0.4, 0.5) is 0 Å². The number of aromatic nitrogens is 3. The molecule has 2 aromatic rings. The molecular formula is C13H19N5. The van der Waals surface area contributed by atoms with Crippen LogP contribution in [0.3, 0.4) is 0 Å². The smallest absolute Gasteiger partial charge is 0.0596 e. The monoisotopic (exact) mass is 245 g/mol. The van der Waals surface area contributed by atoms with Gasteiger partial charge >= 0.3 is 0 Å². The van der Waals surface area contributed by atoms with Crippen LogP contribution < -0.4 is 11.3 Å². The Balaban J connectivity index is 2.22. The van der Waals surface area contributed by atoms with E-state index in [0.717, 1.165) is 29.1 Å². The molecule has 96 valence electrons. The van der Waals surface area contributed by atoms with E-state index in [2.05, 4.69) is 21.6 Å². The van der Waals surface area contributed by atoms with Crippen molar-refractivity contribution in [3.05, 3.63) is 47.0 Å². The normalized spacial score (nSPS) is 12.7. The number of rotatable bonds is 4. The van der Waals surface area contributed by atoms with Gasteiger partial charge in [-0.15, -0.1) is 0 Å². The minimum atomic E-state index is 0.0708. The Hall–Kier alpha value is -1.72. The van der Waals surface area contributed by atoms with E-state index < -0.39 is 0 Å². The molecule has 0 saturated heterocycles. The Bertz CT molecular complexity index is 532. The quantitative estimate of drug-likeness (QED) is 0.627. The first-order valence-electron chi connectivity index (χ1n) is 5.98. The minimum absolute atomic E-state index is 0.0708. The molecule has 5 heteroatoms. The molecule has 0 aliphatic heterocycles. The summed E-state index contributed by atoms with van der Waals surface area (Å²) in [4.78, 5) is 4.20. The highest BCUT2D eigenvalue weighted by Crippen LogP contribution is 2.18. The van der Waals surface area contributed by atoms with Gasteiger partial charge in [0.05, 0.1) is 11.7 Å². The van der Waals surface area contributed by atoms with Crippen molar-refractivity contribution in [3.8, 4) is 0 Å². The van der Waals surface area contributed by atoms with Gasteiger partial charge in [-0.2, -0.15) is 5.10 Å². The largest absolute Gasteiger partial charge is 0.272 e. The van der Waals surface area contributed by atoms with Gasteiger partial charge in [-0.1, -0.05) is 0 Å². The number of hydrogen-bond acceptors (Lipinski definition) is 4. The van der Waals surface area contributed by atoms with Crippen molar-refractivity contribution in [1.82, 2.24) is 20.2 Å². The maximum atomic E-state index is 5.66. The van der Waals surface area contributed by atoms with Crippen LogP contribution in [-0.2, 0) is 13.5 Å². The zero-order valence-corrected chi connectivity index (χ0v) is 11.0. The number of nitrogens with zero attached hydrogens (tertiary/aromatic N) is 3. The third kappa shape index (κ3) is 2.75. The second kappa shape index (κ2) is 5.29. The van der Waals surface area contributed by atoms with Gasteiger partial charge < -0.3 is 0 Å². The summed E-state index contributed by atoms with van der Waals surface area (Å²) in [5.41, 5.74) is 7.18. The summed E-state index contributed by atoms with van der Waals surface area (Å²) in [6, 6.07) is 6.19. The van der Waals surface area contributed by atoms with Crippen LogP contribution in [0, 0.1) is 13.8 Å². The van der Waals surface area contributed by atoms with Gasteiger partial charge in [-0.3, -0.25) is 20.9 Å². The van der Waals surface area contributed by atoms with Crippen molar-refractivity contribution in [2.24, 2.45) is 12.9 Å². The number of nitrogens with two attached hydrogens (primary N) is 1. The first-order valence-corrected chi connectivity index (χ1v) is 5.98. The van der Waals surface area contributed by atoms with Crippen LogP contribution >= 0.6 is 0 Å². The fraction of sp³-hybridized carbons (Fsp3) is 0.385. The van der Waals surface area contributed by atoms with Crippen molar-refractivity contribution in [3.63, 3.8) is 0 Å². The molecule has 18 heavy (non-hydrogen) atoms. The molecule has 0 saturated carbocycles. The predicted octanol–water partition coefficient (Wildman–Crippen LogP) is 1.18. The summed E-state index contributed by atoms with van der Waals surface area (Å²) in [5, 5.41) is 4.35. The molecule has 2 rings (SSSR count). The lowest BCUT2D eigenvalue weighted by Gasteiger charge is -2.16. The first kappa shape index (κ1) is 12.7. The van der Waals surface area contributed by atoms with E-state index in [1.807, 2.05) is 43.9 Å². The Morgan fingerprint density at radius 3 is 2.67 bits per heavy atom. The Morgan fingerprint density at radius 1 is 1.33 bits per heavy atom. The fourth-order valence-electron chi connectivity index (χ4n) is 2.12. The van der Waals surface area contributed by atoms with Crippen LogP contribution in [0.1, 0.15) is 28.7 Å². The molecule has 2 aromatic heterocycles. The highest BCUT2D eigenvalue weighted by Gasteiger charge is 2.13. The zero-order chi connectivity index (χ0) is 13.1. The molecule has 0 aliphatic rings. The summed E-state index contributed by atoms with van der Waals surface area (Å²) in [6.07, 6.45) is 2.61. The summed E-state index contributed by atoms with van der Waals surface area (Å²) >= 11 is 0. The molecule has 0 amide bonds. The van der Waals surface area contributed by atoms with Crippen molar-refractivity contribution in [1.29, 1.82) is 0 Å². The first-order chi connectivity index (χ1) is 8.60. The summed E-state index contributed by atoms with van der Waals surface area (Å²) in [5.74, 6) is 5.66. The molecular weight excluding hydrogens is 226 g/mol. The minimum Gasteiger partial charge on any atom is -0.272 e.